The van der Waals surface area contributed by atoms with Gasteiger partial charge in [0.25, 0.3) is 11.5 Å². The van der Waals surface area contributed by atoms with Crippen LogP contribution in [0.25, 0.3) is 17.2 Å². The summed E-state index contributed by atoms with van der Waals surface area (Å²) in [6.07, 6.45) is 0. The number of nitrogens with zero attached hydrogens (tertiary/aromatic N) is 4. The molecule has 1 N–H and O–H groups in total. The molecule has 0 aliphatic heterocycles. The minimum Gasteiger partial charge on any atom is -0.319 e. The van der Waals surface area contributed by atoms with Gasteiger partial charge in [-0.2, -0.15) is 9.50 Å². The first-order valence-corrected chi connectivity index (χ1v) is 8.85. The first-order valence-electron chi connectivity index (χ1n) is 8.85. The number of amides is 1. The fraction of sp³-hybridized carbons (Fsp3) is 0.143. The number of fused-ring (bicyclic) bond motifs is 1. The van der Waals surface area contributed by atoms with Crippen LogP contribution in [0.5, 0.6) is 0 Å². The highest BCUT2D eigenvalue weighted by molar-refractivity contribution is 6.05. The van der Waals surface area contributed by atoms with Crippen molar-refractivity contribution >= 4 is 17.4 Å². The normalized spacial score (nSPS) is 11.0. The molecule has 0 saturated carbocycles. The van der Waals surface area contributed by atoms with Crippen LogP contribution in [0.2, 0.25) is 0 Å². The molecule has 2 aromatic heterocycles. The summed E-state index contributed by atoms with van der Waals surface area (Å²) >= 11 is 0. The van der Waals surface area contributed by atoms with Gasteiger partial charge in [0.05, 0.1) is 0 Å². The SMILES string of the molecule is Cc1cccc(N(C)C(=O)c2cc(=O)n3nc(-c4ccccc4)nc3[nH]2)c1C. The summed E-state index contributed by atoms with van der Waals surface area (Å²) in [6, 6.07) is 16.4. The van der Waals surface area contributed by atoms with Crippen LogP contribution in [0.1, 0.15) is 21.6 Å². The zero-order valence-electron chi connectivity index (χ0n) is 15.8. The summed E-state index contributed by atoms with van der Waals surface area (Å²) in [6.45, 7) is 3.96. The average Bonchev–Trinajstić information content (AvgIpc) is 3.14. The average molecular weight is 373 g/mol. The molecule has 4 aromatic rings. The van der Waals surface area contributed by atoms with E-state index < -0.39 is 5.56 Å². The maximum atomic E-state index is 13.0. The van der Waals surface area contributed by atoms with Gasteiger partial charge in [-0.15, -0.1) is 5.10 Å². The highest BCUT2D eigenvalue weighted by Crippen LogP contribution is 2.23. The molecule has 0 atom stereocenters. The van der Waals surface area contributed by atoms with Crippen molar-refractivity contribution in [3.8, 4) is 11.4 Å². The lowest BCUT2D eigenvalue weighted by molar-refractivity contribution is 0.0988. The van der Waals surface area contributed by atoms with E-state index in [0.717, 1.165) is 26.9 Å². The molecule has 140 valence electrons. The van der Waals surface area contributed by atoms with Crippen LogP contribution in [-0.4, -0.2) is 32.5 Å². The van der Waals surface area contributed by atoms with Gasteiger partial charge in [-0.05, 0) is 31.0 Å². The third kappa shape index (κ3) is 2.96. The molecule has 2 aromatic carbocycles. The molecule has 1 amide bonds. The summed E-state index contributed by atoms with van der Waals surface area (Å²) in [5.74, 6) is 0.322. The Bertz CT molecular complexity index is 1240. The van der Waals surface area contributed by atoms with Crippen LogP contribution in [0.4, 0.5) is 5.69 Å². The zero-order chi connectivity index (χ0) is 19.8. The molecular formula is C21H19N5O2. The molecule has 7 nitrogen and oxygen atoms in total. The van der Waals surface area contributed by atoms with Crippen molar-refractivity contribution in [3.63, 3.8) is 0 Å². The number of carbonyl (C=O) groups excluding carboxylic acids is 1. The number of aryl methyl sites for hydroxylation is 1. The monoisotopic (exact) mass is 373 g/mol. The second kappa shape index (κ2) is 6.77. The predicted molar refractivity (Wildman–Crippen MR) is 108 cm³/mol. The van der Waals surface area contributed by atoms with Crippen LogP contribution < -0.4 is 10.5 Å². The Morgan fingerprint density at radius 1 is 1.07 bits per heavy atom. The fourth-order valence-electron chi connectivity index (χ4n) is 3.10. The van der Waals surface area contributed by atoms with Crippen molar-refractivity contribution in [2.24, 2.45) is 0 Å². The maximum absolute atomic E-state index is 13.0. The van der Waals surface area contributed by atoms with Crippen LogP contribution in [0.15, 0.2) is 59.4 Å². The first-order chi connectivity index (χ1) is 13.5. The second-order valence-electron chi connectivity index (χ2n) is 6.64. The van der Waals surface area contributed by atoms with Gasteiger partial charge in [0.15, 0.2) is 5.82 Å². The molecule has 0 bridgehead atoms. The number of benzene rings is 2. The predicted octanol–water partition coefficient (Wildman–Crippen LogP) is 2.98. The van der Waals surface area contributed by atoms with E-state index in [1.807, 2.05) is 62.4 Å². The van der Waals surface area contributed by atoms with Gasteiger partial charge < -0.3 is 9.88 Å². The summed E-state index contributed by atoms with van der Waals surface area (Å²) in [4.78, 5) is 34.3. The van der Waals surface area contributed by atoms with Crippen LogP contribution >= 0.6 is 0 Å². The summed E-state index contributed by atoms with van der Waals surface area (Å²) in [7, 11) is 1.69. The number of anilines is 1. The van der Waals surface area contributed by atoms with E-state index in [2.05, 4.69) is 15.1 Å². The van der Waals surface area contributed by atoms with Crippen molar-refractivity contribution in [2.45, 2.75) is 13.8 Å². The van der Waals surface area contributed by atoms with E-state index in [-0.39, 0.29) is 17.4 Å². The van der Waals surface area contributed by atoms with Gasteiger partial charge >= 0.3 is 0 Å². The lowest BCUT2D eigenvalue weighted by Crippen LogP contribution is -2.30. The second-order valence-corrected chi connectivity index (χ2v) is 6.64. The Hall–Kier alpha value is -3.74. The Balaban J connectivity index is 1.76. The smallest absolute Gasteiger partial charge is 0.276 e. The summed E-state index contributed by atoms with van der Waals surface area (Å²) in [5, 5.41) is 4.25. The Kier molecular flexibility index (Phi) is 4.27. The van der Waals surface area contributed by atoms with Gasteiger partial charge in [0, 0.05) is 24.4 Å². The van der Waals surface area contributed by atoms with Crippen LogP contribution in [0, 0.1) is 13.8 Å². The van der Waals surface area contributed by atoms with E-state index in [0.29, 0.717) is 5.82 Å². The molecule has 0 spiro atoms. The Morgan fingerprint density at radius 2 is 1.82 bits per heavy atom. The van der Waals surface area contributed by atoms with Crippen molar-refractivity contribution < 1.29 is 4.79 Å². The third-order valence-electron chi connectivity index (χ3n) is 4.83. The van der Waals surface area contributed by atoms with E-state index in [1.54, 1.807) is 7.05 Å². The summed E-state index contributed by atoms with van der Waals surface area (Å²) < 4.78 is 1.16. The summed E-state index contributed by atoms with van der Waals surface area (Å²) in [5.41, 5.74) is 3.42. The van der Waals surface area contributed by atoms with Gasteiger partial charge in [-0.1, -0.05) is 42.5 Å². The molecule has 0 aliphatic carbocycles. The minimum atomic E-state index is -0.416. The first kappa shape index (κ1) is 17.7. The van der Waals surface area contributed by atoms with Gasteiger partial charge in [-0.25, -0.2) is 0 Å². The van der Waals surface area contributed by atoms with Crippen molar-refractivity contribution in [1.29, 1.82) is 0 Å². The van der Waals surface area contributed by atoms with Crippen molar-refractivity contribution in [3.05, 3.63) is 81.8 Å². The fourth-order valence-corrected chi connectivity index (χ4v) is 3.10. The molecule has 0 unspecified atom stereocenters. The largest absolute Gasteiger partial charge is 0.319 e. The molecule has 0 radical (unpaired) electrons. The van der Waals surface area contributed by atoms with Gasteiger partial charge in [0.2, 0.25) is 5.78 Å². The standard InChI is InChI=1S/C21H19N5O2/c1-13-8-7-11-17(14(13)2)25(3)20(28)16-12-18(27)26-21(22-16)23-19(24-26)15-9-5-4-6-10-15/h4-12H,1-3H3,(H,22,23,24). The lowest BCUT2D eigenvalue weighted by Gasteiger charge is -2.20. The number of carbonyl (C=O) groups is 1. The maximum Gasteiger partial charge on any atom is 0.276 e. The van der Waals surface area contributed by atoms with Gasteiger partial charge in [0.1, 0.15) is 5.69 Å². The van der Waals surface area contributed by atoms with E-state index in [4.69, 9.17) is 0 Å². The number of hydrogen-bond acceptors (Lipinski definition) is 4. The molecule has 2 heterocycles. The Labute approximate surface area is 161 Å². The molecule has 28 heavy (non-hydrogen) atoms. The van der Waals surface area contributed by atoms with Gasteiger partial charge in [-0.3, -0.25) is 9.59 Å². The third-order valence-corrected chi connectivity index (χ3v) is 4.83. The quantitative estimate of drug-likeness (QED) is 0.598. The number of rotatable bonds is 3. The molecule has 0 fully saturated rings. The molecule has 0 aliphatic rings. The molecule has 7 heteroatoms. The van der Waals surface area contributed by atoms with Crippen LogP contribution in [-0.2, 0) is 0 Å². The number of aromatic amines is 1. The van der Waals surface area contributed by atoms with Crippen LogP contribution in [0.3, 0.4) is 0 Å². The lowest BCUT2D eigenvalue weighted by atomic mass is 10.1. The highest BCUT2D eigenvalue weighted by Gasteiger charge is 2.19. The minimum absolute atomic E-state index is 0.160. The van der Waals surface area contributed by atoms with Crippen molar-refractivity contribution in [2.75, 3.05) is 11.9 Å². The molecular weight excluding hydrogens is 354 g/mol. The number of nitrogens with one attached hydrogen (secondary N) is 1. The zero-order valence-corrected chi connectivity index (χ0v) is 15.8. The highest BCUT2D eigenvalue weighted by atomic mass is 16.2. The molecule has 4 rings (SSSR count). The Morgan fingerprint density at radius 3 is 2.57 bits per heavy atom. The van der Waals surface area contributed by atoms with Crippen molar-refractivity contribution in [1.82, 2.24) is 19.6 Å². The van der Waals surface area contributed by atoms with E-state index in [9.17, 15) is 9.59 Å². The number of aromatic nitrogens is 4. The van der Waals surface area contributed by atoms with E-state index in [1.165, 1.54) is 11.0 Å². The molecule has 0 saturated heterocycles. The topological polar surface area (TPSA) is 83.4 Å². The number of H-pyrrole nitrogens is 1. The van der Waals surface area contributed by atoms with E-state index >= 15 is 0 Å². The number of hydrogen-bond donors (Lipinski definition) is 1.